The highest BCUT2D eigenvalue weighted by molar-refractivity contribution is 5.78. The van der Waals surface area contributed by atoms with Crippen LogP contribution in [0.3, 0.4) is 0 Å². The molecule has 3 heterocycles. The van der Waals surface area contributed by atoms with Crippen LogP contribution in [0, 0.1) is 5.92 Å². The molecule has 0 unspecified atom stereocenters. The number of pyridine rings is 1. The molecule has 24 heavy (non-hydrogen) atoms. The average Bonchev–Trinajstić information content (AvgIpc) is 3.29. The van der Waals surface area contributed by atoms with Crippen molar-refractivity contribution in [2.75, 3.05) is 13.1 Å². The Morgan fingerprint density at radius 3 is 2.67 bits per heavy atom. The van der Waals surface area contributed by atoms with E-state index in [1.807, 2.05) is 12.3 Å². The highest BCUT2D eigenvalue weighted by Crippen LogP contribution is 2.36. The summed E-state index contributed by atoms with van der Waals surface area (Å²) in [6.07, 6.45) is 10.4. The van der Waals surface area contributed by atoms with Crippen LogP contribution in [-0.2, 0) is 4.79 Å². The Labute approximate surface area is 142 Å². The maximum atomic E-state index is 11.8. The molecule has 1 N–H and O–H groups in total. The van der Waals surface area contributed by atoms with Gasteiger partial charge in [-0.3, -0.25) is 14.9 Å². The van der Waals surface area contributed by atoms with Crippen molar-refractivity contribution >= 4 is 5.91 Å². The number of hydrogen-bond acceptors (Lipinski definition) is 3. The van der Waals surface area contributed by atoms with Crippen LogP contribution in [0.2, 0.25) is 0 Å². The largest absolute Gasteiger partial charge is 0.342 e. The zero-order valence-corrected chi connectivity index (χ0v) is 13.9. The third-order valence-corrected chi connectivity index (χ3v) is 5.53. The molecule has 2 aromatic heterocycles. The van der Waals surface area contributed by atoms with Crippen molar-refractivity contribution in [1.82, 2.24) is 20.1 Å². The summed E-state index contributed by atoms with van der Waals surface area (Å²) >= 11 is 0. The smallest absolute Gasteiger partial charge is 0.222 e. The van der Waals surface area contributed by atoms with Gasteiger partial charge in [0.25, 0.3) is 0 Å². The van der Waals surface area contributed by atoms with Gasteiger partial charge in [0.2, 0.25) is 5.91 Å². The Bertz CT molecular complexity index is 672. The van der Waals surface area contributed by atoms with Crippen LogP contribution in [0.25, 0.3) is 11.4 Å². The highest BCUT2D eigenvalue weighted by Gasteiger charge is 2.27. The van der Waals surface area contributed by atoms with E-state index in [2.05, 4.69) is 32.2 Å². The molecule has 0 bridgehead atoms. The van der Waals surface area contributed by atoms with E-state index >= 15 is 0 Å². The first kappa shape index (κ1) is 15.4. The molecule has 4 rings (SSSR count). The molecule has 1 aliphatic heterocycles. The van der Waals surface area contributed by atoms with Gasteiger partial charge in [0, 0.05) is 31.9 Å². The minimum atomic E-state index is 0.357. The number of carbonyl (C=O) groups is 1. The first-order valence-electron chi connectivity index (χ1n) is 9.03. The highest BCUT2D eigenvalue weighted by atomic mass is 16.2. The molecule has 2 aromatic rings. The lowest BCUT2D eigenvalue weighted by Gasteiger charge is -2.31. The first-order valence-corrected chi connectivity index (χ1v) is 9.03. The molecule has 1 saturated carbocycles. The number of aromatic nitrogens is 3. The van der Waals surface area contributed by atoms with Crippen molar-refractivity contribution in [3.63, 3.8) is 0 Å². The zero-order chi connectivity index (χ0) is 16.4. The lowest BCUT2D eigenvalue weighted by Crippen LogP contribution is -2.32. The van der Waals surface area contributed by atoms with E-state index in [0.29, 0.717) is 17.7 Å². The van der Waals surface area contributed by atoms with E-state index in [4.69, 9.17) is 0 Å². The van der Waals surface area contributed by atoms with Crippen molar-refractivity contribution < 1.29 is 4.79 Å². The predicted octanol–water partition coefficient (Wildman–Crippen LogP) is 3.37. The zero-order valence-electron chi connectivity index (χ0n) is 13.9. The lowest BCUT2D eigenvalue weighted by molar-refractivity contribution is -0.128. The van der Waals surface area contributed by atoms with E-state index in [9.17, 15) is 4.79 Å². The Kier molecular flexibility index (Phi) is 4.32. The summed E-state index contributed by atoms with van der Waals surface area (Å²) < 4.78 is 0. The number of nitrogens with one attached hydrogen (secondary N) is 1. The van der Waals surface area contributed by atoms with E-state index < -0.39 is 0 Å². The average molecular weight is 324 g/mol. The molecule has 5 heteroatoms. The van der Waals surface area contributed by atoms with E-state index in [0.717, 1.165) is 37.3 Å². The normalized spacial score (nSPS) is 24.5. The second-order valence-corrected chi connectivity index (χ2v) is 7.11. The van der Waals surface area contributed by atoms with Crippen LogP contribution >= 0.6 is 0 Å². The monoisotopic (exact) mass is 324 g/mol. The molecular weight excluding hydrogens is 300 g/mol. The van der Waals surface area contributed by atoms with Gasteiger partial charge in [0.15, 0.2) is 0 Å². The molecule has 1 amide bonds. The maximum absolute atomic E-state index is 11.8. The number of carbonyl (C=O) groups excluding carboxylic acids is 1. The Balaban J connectivity index is 1.33. The third-order valence-electron chi connectivity index (χ3n) is 5.53. The number of aromatic amines is 1. The summed E-state index contributed by atoms with van der Waals surface area (Å²) in [4.78, 5) is 18.4. The van der Waals surface area contributed by atoms with Gasteiger partial charge in [-0.15, -0.1) is 0 Å². The summed E-state index contributed by atoms with van der Waals surface area (Å²) in [5, 5.41) is 6.92. The van der Waals surface area contributed by atoms with Gasteiger partial charge in [-0.1, -0.05) is 6.07 Å². The molecule has 0 radical (unpaired) electrons. The van der Waals surface area contributed by atoms with Crippen molar-refractivity contribution in [3.05, 3.63) is 36.2 Å². The van der Waals surface area contributed by atoms with Crippen molar-refractivity contribution in [3.8, 4) is 11.4 Å². The molecule has 1 saturated heterocycles. The van der Waals surface area contributed by atoms with Gasteiger partial charge in [-0.2, -0.15) is 5.10 Å². The van der Waals surface area contributed by atoms with Gasteiger partial charge in [-0.25, -0.2) is 0 Å². The molecule has 0 aromatic carbocycles. The van der Waals surface area contributed by atoms with Gasteiger partial charge in [0.05, 0.1) is 11.4 Å². The summed E-state index contributed by atoms with van der Waals surface area (Å²) in [6.45, 7) is 1.94. The molecule has 2 fully saturated rings. The number of likely N-dealkylation sites (tertiary alicyclic amines) is 1. The summed E-state index contributed by atoms with van der Waals surface area (Å²) in [5.41, 5.74) is 3.24. The molecule has 126 valence electrons. The van der Waals surface area contributed by atoms with Crippen molar-refractivity contribution in [1.29, 1.82) is 0 Å². The maximum Gasteiger partial charge on any atom is 0.222 e. The number of amides is 1. The quantitative estimate of drug-likeness (QED) is 0.938. The lowest BCUT2D eigenvalue weighted by atomic mass is 9.79. The van der Waals surface area contributed by atoms with Crippen LogP contribution in [0.4, 0.5) is 0 Å². The van der Waals surface area contributed by atoms with Crippen LogP contribution in [-0.4, -0.2) is 39.1 Å². The fraction of sp³-hybridized carbons (Fsp3) is 0.526. The number of rotatable bonds is 4. The van der Waals surface area contributed by atoms with Crippen LogP contribution < -0.4 is 0 Å². The SMILES string of the molecule is O=C1CCCN1CC1CCC(c2ccc(-c3ccn[nH]3)nc2)CC1. The second kappa shape index (κ2) is 6.75. The molecular formula is C19H24N4O. The standard InChI is InChI=1S/C19H24N4O/c24-19-2-1-11-23(19)13-14-3-5-15(6-4-14)16-7-8-17(20-12-16)18-9-10-21-22-18/h7-10,12,14-15H,1-6,11,13H2,(H,21,22). The van der Waals surface area contributed by atoms with Gasteiger partial charge >= 0.3 is 0 Å². The van der Waals surface area contributed by atoms with Crippen molar-refractivity contribution in [2.24, 2.45) is 5.92 Å². The predicted molar refractivity (Wildman–Crippen MR) is 92.3 cm³/mol. The van der Waals surface area contributed by atoms with Crippen LogP contribution in [0.5, 0.6) is 0 Å². The molecule has 5 nitrogen and oxygen atoms in total. The van der Waals surface area contributed by atoms with E-state index in [1.54, 1.807) is 6.20 Å². The van der Waals surface area contributed by atoms with Crippen molar-refractivity contribution in [2.45, 2.75) is 44.4 Å². The summed E-state index contributed by atoms with van der Waals surface area (Å²) in [6, 6.07) is 6.23. The third kappa shape index (κ3) is 3.21. The van der Waals surface area contributed by atoms with Gasteiger partial charge < -0.3 is 4.90 Å². The second-order valence-electron chi connectivity index (χ2n) is 7.11. The Morgan fingerprint density at radius 1 is 1.17 bits per heavy atom. The number of H-pyrrole nitrogens is 1. The molecule has 0 spiro atoms. The van der Waals surface area contributed by atoms with Crippen LogP contribution in [0.15, 0.2) is 30.6 Å². The van der Waals surface area contributed by atoms with Gasteiger partial charge in [0.1, 0.15) is 0 Å². The fourth-order valence-electron chi connectivity index (χ4n) is 4.09. The van der Waals surface area contributed by atoms with Crippen LogP contribution in [0.1, 0.15) is 50.0 Å². The molecule has 1 aliphatic carbocycles. The number of hydrogen-bond donors (Lipinski definition) is 1. The first-order chi connectivity index (χ1) is 11.8. The molecule has 0 atom stereocenters. The summed E-state index contributed by atoms with van der Waals surface area (Å²) in [7, 11) is 0. The summed E-state index contributed by atoms with van der Waals surface area (Å²) in [5.74, 6) is 1.65. The minimum Gasteiger partial charge on any atom is -0.342 e. The Morgan fingerprint density at radius 2 is 2.04 bits per heavy atom. The number of nitrogens with zero attached hydrogens (tertiary/aromatic N) is 3. The minimum absolute atomic E-state index is 0.357. The Hall–Kier alpha value is -2.17. The van der Waals surface area contributed by atoms with Gasteiger partial charge in [-0.05, 0) is 61.6 Å². The van der Waals surface area contributed by atoms with E-state index in [-0.39, 0.29) is 0 Å². The topological polar surface area (TPSA) is 61.9 Å². The van der Waals surface area contributed by atoms with E-state index in [1.165, 1.54) is 31.2 Å². The molecule has 2 aliphatic rings. The fourth-order valence-corrected chi connectivity index (χ4v) is 4.09.